The molecule has 0 aliphatic heterocycles. The number of hydrogen-bond acceptors (Lipinski definition) is 3. The number of fused-ring (bicyclic) bond motifs is 1. The van der Waals surface area contributed by atoms with Gasteiger partial charge in [0.05, 0.1) is 5.56 Å². The van der Waals surface area contributed by atoms with Gasteiger partial charge in [-0.2, -0.15) is 13.2 Å². The van der Waals surface area contributed by atoms with Gasteiger partial charge in [-0.15, -0.1) is 0 Å². The number of hydrogen-bond donors (Lipinski definition) is 1. The summed E-state index contributed by atoms with van der Waals surface area (Å²) in [5, 5.41) is 0. The summed E-state index contributed by atoms with van der Waals surface area (Å²) in [7, 11) is 0. The van der Waals surface area contributed by atoms with E-state index in [9.17, 15) is 13.2 Å². The Morgan fingerprint density at radius 1 is 1.10 bits per heavy atom. The number of halogens is 3. The van der Waals surface area contributed by atoms with E-state index in [-0.39, 0.29) is 17.1 Å². The number of anilines is 1. The second-order valence-electron chi connectivity index (χ2n) is 4.83. The fraction of sp³-hybridized carbons (Fsp3) is 0.133. The average molecular weight is 292 g/mol. The van der Waals surface area contributed by atoms with Crippen molar-refractivity contribution in [3.8, 4) is 11.5 Å². The van der Waals surface area contributed by atoms with Gasteiger partial charge in [0.2, 0.25) is 5.89 Å². The maximum absolute atomic E-state index is 12.8. The Balaban J connectivity index is 2.16. The van der Waals surface area contributed by atoms with Crippen LogP contribution in [0, 0.1) is 6.92 Å². The molecule has 108 valence electrons. The van der Waals surface area contributed by atoms with Crippen LogP contribution in [-0.2, 0) is 6.18 Å². The lowest BCUT2D eigenvalue weighted by atomic mass is 10.1. The quantitative estimate of drug-likeness (QED) is 0.676. The van der Waals surface area contributed by atoms with Crippen molar-refractivity contribution in [3.63, 3.8) is 0 Å². The fourth-order valence-corrected chi connectivity index (χ4v) is 2.09. The number of rotatable bonds is 1. The Bertz CT molecular complexity index is 821. The third kappa shape index (κ3) is 2.56. The molecule has 0 unspecified atom stereocenters. The number of aryl methyl sites for hydroxylation is 1. The molecule has 0 radical (unpaired) electrons. The molecule has 3 rings (SSSR count). The summed E-state index contributed by atoms with van der Waals surface area (Å²) in [6.45, 7) is 1.89. The van der Waals surface area contributed by atoms with Gasteiger partial charge in [0, 0.05) is 11.3 Å². The normalized spacial score (nSPS) is 12.0. The number of oxazole rings is 1. The van der Waals surface area contributed by atoms with E-state index in [4.69, 9.17) is 10.2 Å². The van der Waals surface area contributed by atoms with Gasteiger partial charge in [-0.05, 0) is 42.8 Å². The SMILES string of the molecule is Cc1ccc2nc(-c3cc(N)cc(C(F)(F)F)c3)oc2c1. The van der Waals surface area contributed by atoms with Crippen LogP contribution in [-0.4, -0.2) is 4.98 Å². The summed E-state index contributed by atoms with van der Waals surface area (Å²) in [5.41, 5.74) is 7.03. The van der Waals surface area contributed by atoms with Crippen LogP contribution in [0.25, 0.3) is 22.6 Å². The molecule has 0 saturated heterocycles. The maximum Gasteiger partial charge on any atom is 0.416 e. The van der Waals surface area contributed by atoms with Gasteiger partial charge in [0.15, 0.2) is 5.58 Å². The molecule has 0 fully saturated rings. The summed E-state index contributed by atoms with van der Waals surface area (Å²) in [4.78, 5) is 4.20. The van der Waals surface area contributed by atoms with E-state index in [0.717, 1.165) is 17.7 Å². The number of nitrogen functional groups attached to an aromatic ring is 1. The summed E-state index contributed by atoms with van der Waals surface area (Å²) in [6.07, 6.45) is -4.47. The molecule has 0 spiro atoms. The van der Waals surface area contributed by atoms with Gasteiger partial charge in [-0.1, -0.05) is 6.07 Å². The number of benzene rings is 2. The zero-order chi connectivity index (χ0) is 15.2. The molecule has 3 aromatic rings. The van der Waals surface area contributed by atoms with Crippen LogP contribution in [0.5, 0.6) is 0 Å². The lowest BCUT2D eigenvalue weighted by molar-refractivity contribution is -0.137. The van der Waals surface area contributed by atoms with E-state index in [2.05, 4.69) is 4.98 Å². The minimum atomic E-state index is -4.47. The molecular weight excluding hydrogens is 281 g/mol. The van der Waals surface area contributed by atoms with Crippen molar-refractivity contribution in [2.45, 2.75) is 13.1 Å². The molecule has 3 nitrogen and oxygen atoms in total. The molecule has 0 atom stereocenters. The number of aromatic nitrogens is 1. The predicted molar refractivity (Wildman–Crippen MR) is 73.6 cm³/mol. The summed E-state index contributed by atoms with van der Waals surface area (Å²) in [6, 6.07) is 8.67. The molecule has 0 aliphatic carbocycles. The topological polar surface area (TPSA) is 52.0 Å². The molecule has 2 N–H and O–H groups in total. The van der Waals surface area contributed by atoms with E-state index in [1.54, 1.807) is 12.1 Å². The number of nitrogens with two attached hydrogens (primary N) is 1. The fourth-order valence-electron chi connectivity index (χ4n) is 2.09. The van der Waals surface area contributed by atoms with Crippen molar-refractivity contribution in [3.05, 3.63) is 47.5 Å². The Labute approximate surface area is 118 Å². The Kier molecular flexibility index (Phi) is 2.90. The highest BCUT2D eigenvalue weighted by Gasteiger charge is 2.31. The van der Waals surface area contributed by atoms with Crippen LogP contribution in [0.4, 0.5) is 18.9 Å². The smallest absolute Gasteiger partial charge is 0.416 e. The first kappa shape index (κ1) is 13.5. The largest absolute Gasteiger partial charge is 0.436 e. The summed E-state index contributed by atoms with van der Waals surface area (Å²) < 4.78 is 44.0. The van der Waals surface area contributed by atoms with E-state index in [1.165, 1.54) is 6.07 Å². The highest BCUT2D eigenvalue weighted by Crippen LogP contribution is 2.34. The second-order valence-corrected chi connectivity index (χ2v) is 4.83. The Morgan fingerprint density at radius 2 is 1.86 bits per heavy atom. The van der Waals surface area contributed by atoms with Crippen LogP contribution < -0.4 is 5.73 Å². The number of nitrogens with zero attached hydrogens (tertiary/aromatic N) is 1. The van der Waals surface area contributed by atoms with Crippen molar-refractivity contribution in [2.75, 3.05) is 5.73 Å². The van der Waals surface area contributed by atoms with Crippen LogP contribution in [0.2, 0.25) is 0 Å². The minimum absolute atomic E-state index is 0.0123. The Hall–Kier alpha value is -2.50. The van der Waals surface area contributed by atoms with E-state index in [0.29, 0.717) is 11.1 Å². The van der Waals surface area contributed by atoms with Gasteiger partial charge in [0.25, 0.3) is 0 Å². The highest BCUT2D eigenvalue weighted by molar-refractivity contribution is 5.77. The molecule has 6 heteroatoms. The van der Waals surface area contributed by atoms with Crippen molar-refractivity contribution in [1.29, 1.82) is 0 Å². The van der Waals surface area contributed by atoms with E-state index >= 15 is 0 Å². The lowest BCUT2D eigenvalue weighted by Gasteiger charge is -2.08. The molecule has 1 aromatic heterocycles. The first-order valence-corrected chi connectivity index (χ1v) is 6.18. The van der Waals surface area contributed by atoms with E-state index in [1.807, 2.05) is 13.0 Å². The zero-order valence-corrected chi connectivity index (χ0v) is 11.0. The molecule has 1 heterocycles. The van der Waals surface area contributed by atoms with Gasteiger partial charge in [-0.3, -0.25) is 0 Å². The first-order chi connectivity index (χ1) is 9.83. The third-order valence-electron chi connectivity index (χ3n) is 3.07. The monoisotopic (exact) mass is 292 g/mol. The van der Waals surface area contributed by atoms with Crippen molar-refractivity contribution < 1.29 is 17.6 Å². The average Bonchev–Trinajstić information content (AvgIpc) is 2.80. The summed E-state index contributed by atoms with van der Waals surface area (Å²) >= 11 is 0. The molecular formula is C15H11F3N2O. The zero-order valence-electron chi connectivity index (χ0n) is 11.0. The molecule has 21 heavy (non-hydrogen) atoms. The minimum Gasteiger partial charge on any atom is -0.436 e. The maximum atomic E-state index is 12.8. The molecule has 0 bridgehead atoms. The van der Waals surface area contributed by atoms with E-state index < -0.39 is 11.7 Å². The molecule has 0 saturated carbocycles. The first-order valence-electron chi connectivity index (χ1n) is 6.18. The van der Waals surface area contributed by atoms with Crippen molar-refractivity contribution in [1.82, 2.24) is 4.98 Å². The van der Waals surface area contributed by atoms with Crippen LogP contribution in [0.1, 0.15) is 11.1 Å². The number of alkyl halides is 3. The standard InChI is InChI=1S/C15H11F3N2O/c1-8-2-3-12-13(4-8)21-14(20-12)9-5-10(15(16,17)18)7-11(19)6-9/h2-7H,19H2,1H3. The second kappa shape index (κ2) is 4.51. The van der Waals surface area contributed by atoms with Crippen molar-refractivity contribution >= 4 is 16.8 Å². The molecule has 0 aliphatic rings. The van der Waals surface area contributed by atoms with Gasteiger partial charge < -0.3 is 10.2 Å². The van der Waals surface area contributed by atoms with Crippen LogP contribution in [0.15, 0.2) is 40.8 Å². The van der Waals surface area contributed by atoms with Gasteiger partial charge in [-0.25, -0.2) is 4.98 Å². The molecule has 0 amide bonds. The van der Waals surface area contributed by atoms with Crippen LogP contribution in [0.3, 0.4) is 0 Å². The Morgan fingerprint density at radius 3 is 2.57 bits per heavy atom. The molecule has 2 aromatic carbocycles. The third-order valence-corrected chi connectivity index (χ3v) is 3.07. The summed E-state index contributed by atoms with van der Waals surface area (Å²) in [5.74, 6) is 0.119. The van der Waals surface area contributed by atoms with Gasteiger partial charge in [0.1, 0.15) is 5.52 Å². The highest BCUT2D eigenvalue weighted by atomic mass is 19.4. The van der Waals surface area contributed by atoms with Gasteiger partial charge >= 0.3 is 6.18 Å². The predicted octanol–water partition coefficient (Wildman–Crippen LogP) is 4.40. The lowest BCUT2D eigenvalue weighted by Crippen LogP contribution is -2.06. The van der Waals surface area contributed by atoms with Crippen LogP contribution >= 0.6 is 0 Å². The van der Waals surface area contributed by atoms with Crippen molar-refractivity contribution in [2.24, 2.45) is 0 Å².